The number of rotatable bonds is 2. The Balaban J connectivity index is 2.11. The summed E-state index contributed by atoms with van der Waals surface area (Å²) >= 11 is 0. The summed E-state index contributed by atoms with van der Waals surface area (Å²) < 4.78 is 0. The van der Waals surface area contributed by atoms with Crippen LogP contribution in [0.2, 0.25) is 0 Å². The zero-order valence-corrected chi connectivity index (χ0v) is 10.4. The van der Waals surface area contributed by atoms with Gasteiger partial charge in [0.1, 0.15) is 0 Å². The highest BCUT2D eigenvalue weighted by molar-refractivity contribution is 5.92. The quantitative estimate of drug-likeness (QED) is 0.710. The molecule has 1 atom stereocenters. The van der Waals surface area contributed by atoms with Gasteiger partial charge in [0.2, 0.25) is 0 Å². The molecule has 0 aromatic heterocycles. The largest absolute Gasteiger partial charge is 0.370 e. The summed E-state index contributed by atoms with van der Waals surface area (Å²) in [5, 5.41) is 0. The molecule has 1 heterocycles. The van der Waals surface area contributed by atoms with Crippen LogP contribution < -0.4 is 0 Å². The van der Waals surface area contributed by atoms with Crippen LogP contribution in [-0.4, -0.2) is 48.3 Å². The lowest BCUT2D eigenvalue weighted by Gasteiger charge is -2.33. The van der Waals surface area contributed by atoms with Crippen molar-refractivity contribution < 1.29 is 4.79 Å². The van der Waals surface area contributed by atoms with Crippen molar-refractivity contribution in [1.82, 2.24) is 9.80 Å². The van der Waals surface area contributed by atoms with Gasteiger partial charge < -0.3 is 9.80 Å². The van der Waals surface area contributed by atoms with Crippen LogP contribution in [0.1, 0.15) is 32.6 Å². The second kappa shape index (κ2) is 5.00. The van der Waals surface area contributed by atoms with E-state index in [1.54, 1.807) is 0 Å². The number of carbonyl (C=O) groups excluding carboxylic acids is 1. The molecule has 0 aromatic carbocycles. The number of allylic oxidation sites excluding steroid dienone is 2. The minimum Gasteiger partial charge on any atom is -0.370 e. The molecule has 1 fully saturated rings. The SMILES string of the molecule is CCC1CN(C)CCCN1C1=CC(=O)CC1. The van der Waals surface area contributed by atoms with Crippen LogP contribution >= 0.6 is 0 Å². The predicted molar refractivity (Wildman–Crippen MR) is 65.2 cm³/mol. The molecule has 0 N–H and O–H groups in total. The maximum atomic E-state index is 11.3. The normalized spacial score (nSPS) is 28.1. The fourth-order valence-corrected chi connectivity index (χ4v) is 2.78. The van der Waals surface area contributed by atoms with E-state index in [0.29, 0.717) is 11.8 Å². The van der Waals surface area contributed by atoms with Crippen molar-refractivity contribution in [3.05, 3.63) is 11.8 Å². The Labute approximate surface area is 98.1 Å². The van der Waals surface area contributed by atoms with Gasteiger partial charge in [-0.15, -0.1) is 0 Å². The number of ketones is 1. The highest BCUT2D eigenvalue weighted by Gasteiger charge is 2.26. The van der Waals surface area contributed by atoms with Gasteiger partial charge in [-0.3, -0.25) is 4.79 Å². The second-order valence-electron chi connectivity index (χ2n) is 4.97. The molecule has 0 amide bonds. The zero-order valence-electron chi connectivity index (χ0n) is 10.4. The summed E-state index contributed by atoms with van der Waals surface area (Å²) in [6.07, 6.45) is 5.92. The molecule has 0 spiro atoms. The van der Waals surface area contributed by atoms with Crippen molar-refractivity contribution >= 4 is 5.78 Å². The second-order valence-corrected chi connectivity index (χ2v) is 4.97. The van der Waals surface area contributed by atoms with Gasteiger partial charge in [0, 0.05) is 37.3 Å². The number of carbonyl (C=O) groups is 1. The first-order valence-corrected chi connectivity index (χ1v) is 6.39. The van der Waals surface area contributed by atoms with Crippen molar-refractivity contribution in [2.45, 2.75) is 38.6 Å². The Kier molecular flexibility index (Phi) is 3.64. The summed E-state index contributed by atoms with van der Waals surface area (Å²) in [7, 11) is 2.19. The first-order chi connectivity index (χ1) is 7.70. The van der Waals surface area contributed by atoms with Crippen molar-refractivity contribution in [1.29, 1.82) is 0 Å². The molecule has 1 saturated heterocycles. The maximum Gasteiger partial charge on any atom is 0.157 e. The molecule has 3 heteroatoms. The van der Waals surface area contributed by atoms with E-state index in [1.807, 2.05) is 6.08 Å². The van der Waals surface area contributed by atoms with E-state index in [4.69, 9.17) is 0 Å². The smallest absolute Gasteiger partial charge is 0.157 e. The summed E-state index contributed by atoms with van der Waals surface area (Å²) in [4.78, 5) is 16.2. The van der Waals surface area contributed by atoms with Gasteiger partial charge in [-0.25, -0.2) is 0 Å². The molecule has 0 bridgehead atoms. The molecule has 1 unspecified atom stereocenters. The molecule has 2 rings (SSSR count). The van der Waals surface area contributed by atoms with Gasteiger partial charge in [0.25, 0.3) is 0 Å². The monoisotopic (exact) mass is 222 g/mol. The zero-order chi connectivity index (χ0) is 11.5. The van der Waals surface area contributed by atoms with Gasteiger partial charge in [-0.1, -0.05) is 6.92 Å². The molecule has 3 nitrogen and oxygen atoms in total. The lowest BCUT2D eigenvalue weighted by Crippen LogP contribution is -2.38. The van der Waals surface area contributed by atoms with Gasteiger partial charge in [-0.05, 0) is 32.9 Å². The standard InChI is InChI=1S/C13H22N2O/c1-3-11-10-14(2)7-4-8-15(11)12-5-6-13(16)9-12/h9,11H,3-8,10H2,1-2H3. The lowest BCUT2D eigenvalue weighted by molar-refractivity contribution is -0.114. The van der Waals surface area contributed by atoms with E-state index in [-0.39, 0.29) is 0 Å². The van der Waals surface area contributed by atoms with E-state index in [2.05, 4.69) is 23.8 Å². The highest BCUT2D eigenvalue weighted by Crippen LogP contribution is 2.24. The minimum absolute atomic E-state index is 0.308. The Morgan fingerprint density at radius 3 is 2.81 bits per heavy atom. The van der Waals surface area contributed by atoms with Crippen molar-refractivity contribution in [2.75, 3.05) is 26.7 Å². The third kappa shape index (κ3) is 2.46. The topological polar surface area (TPSA) is 23.6 Å². The summed E-state index contributed by atoms with van der Waals surface area (Å²) in [5.74, 6) is 0.308. The van der Waals surface area contributed by atoms with Crippen LogP contribution in [0.5, 0.6) is 0 Å². The summed E-state index contributed by atoms with van der Waals surface area (Å²) in [5.41, 5.74) is 1.28. The average Bonchev–Trinajstić information content (AvgIpc) is 2.58. The number of hydrogen-bond acceptors (Lipinski definition) is 3. The molecule has 90 valence electrons. The van der Waals surface area contributed by atoms with Crippen LogP contribution in [-0.2, 0) is 4.79 Å². The van der Waals surface area contributed by atoms with Crippen LogP contribution in [0.15, 0.2) is 11.8 Å². The van der Waals surface area contributed by atoms with Crippen molar-refractivity contribution in [2.24, 2.45) is 0 Å². The van der Waals surface area contributed by atoms with Crippen LogP contribution in [0.4, 0.5) is 0 Å². The lowest BCUT2D eigenvalue weighted by atomic mass is 10.1. The Morgan fingerprint density at radius 1 is 1.38 bits per heavy atom. The molecule has 16 heavy (non-hydrogen) atoms. The molecule has 0 saturated carbocycles. The first kappa shape index (κ1) is 11.6. The number of hydrogen-bond donors (Lipinski definition) is 0. The number of likely N-dealkylation sites (N-methyl/N-ethyl adjacent to an activating group) is 1. The highest BCUT2D eigenvalue weighted by atomic mass is 16.1. The number of nitrogens with zero attached hydrogens (tertiary/aromatic N) is 2. The molecule has 2 aliphatic rings. The average molecular weight is 222 g/mol. The van der Waals surface area contributed by atoms with Crippen LogP contribution in [0.25, 0.3) is 0 Å². The van der Waals surface area contributed by atoms with E-state index < -0.39 is 0 Å². The van der Waals surface area contributed by atoms with Crippen molar-refractivity contribution in [3.63, 3.8) is 0 Å². The van der Waals surface area contributed by atoms with Gasteiger partial charge in [0.05, 0.1) is 0 Å². The van der Waals surface area contributed by atoms with E-state index in [0.717, 1.165) is 32.4 Å². The summed E-state index contributed by atoms with van der Waals surface area (Å²) in [6.45, 7) is 5.66. The van der Waals surface area contributed by atoms with Crippen LogP contribution in [0.3, 0.4) is 0 Å². The third-order valence-corrected chi connectivity index (χ3v) is 3.70. The first-order valence-electron chi connectivity index (χ1n) is 6.39. The van der Waals surface area contributed by atoms with Gasteiger partial charge >= 0.3 is 0 Å². The summed E-state index contributed by atoms with van der Waals surface area (Å²) in [6, 6.07) is 0.588. The fourth-order valence-electron chi connectivity index (χ4n) is 2.78. The Morgan fingerprint density at radius 2 is 2.19 bits per heavy atom. The van der Waals surface area contributed by atoms with Crippen LogP contribution in [0, 0.1) is 0 Å². The Hall–Kier alpha value is -0.830. The van der Waals surface area contributed by atoms with E-state index >= 15 is 0 Å². The molecule has 1 aliphatic carbocycles. The van der Waals surface area contributed by atoms with E-state index in [1.165, 1.54) is 18.7 Å². The van der Waals surface area contributed by atoms with Gasteiger partial charge in [0.15, 0.2) is 5.78 Å². The van der Waals surface area contributed by atoms with E-state index in [9.17, 15) is 4.79 Å². The Bertz CT molecular complexity index is 298. The molecule has 1 aliphatic heterocycles. The molecule has 0 aromatic rings. The molecular weight excluding hydrogens is 200 g/mol. The van der Waals surface area contributed by atoms with Crippen molar-refractivity contribution in [3.8, 4) is 0 Å². The van der Waals surface area contributed by atoms with Gasteiger partial charge in [-0.2, -0.15) is 0 Å². The maximum absolute atomic E-state index is 11.3. The molecular formula is C13H22N2O. The molecule has 0 radical (unpaired) electrons. The minimum atomic E-state index is 0.308. The third-order valence-electron chi connectivity index (χ3n) is 3.70. The fraction of sp³-hybridized carbons (Fsp3) is 0.769. The predicted octanol–water partition coefficient (Wildman–Crippen LogP) is 1.65.